The van der Waals surface area contributed by atoms with Gasteiger partial charge in [0.15, 0.2) is 0 Å². The van der Waals surface area contributed by atoms with Crippen molar-refractivity contribution >= 4 is 17.5 Å². The molecule has 0 spiro atoms. The van der Waals surface area contributed by atoms with Gasteiger partial charge in [0.25, 0.3) is 5.91 Å². The predicted molar refractivity (Wildman–Crippen MR) is 67.6 cm³/mol. The van der Waals surface area contributed by atoms with Crippen molar-refractivity contribution in [2.24, 2.45) is 0 Å². The van der Waals surface area contributed by atoms with Crippen LogP contribution < -0.4 is 10.6 Å². The number of nitrogens with zero attached hydrogens (tertiary/aromatic N) is 1. The second-order valence-corrected chi connectivity index (χ2v) is 5.20. The van der Waals surface area contributed by atoms with Crippen LogP contribution in [0.15, 0.2) is 12.3 Å². The lowest BCUT2D eigenvalue weighted by Gasteiger charge is -2.20. The molecule has 0 aromatic carbocycles. The molecule has 1 saturated heterocycles. The minimum absolute atomic E-state index is 0.222. The Morgan fingerprint density at radius 1 is 1.36 bits per heavy atom. The third kappa shape index (κ3) is 3.46. The molecule has 2 rings (SSSR count). The van der Waals surface area contributed by atoms with Crippen molar-refractivity contribution in [2.45, 2.75) is 24.6 Å². The molecule has 1 aromatic rings. The molecule has 122 valence electrons. The summed E-state index contributed by atoms with van der Waals surface area (Å²) in [6, 6.07) is -0.144. The molecule has 10 heteroatoms. The fourth-order valence-corrected chi connectivity index (χ4v) is 2.27. The smallest absolute Gasteiger partial charge is 0.346 e. The van der Waals surface area contributed by atoms with E-state index in [1.54, 1.807) is 0 Å². The van der Waals surface area contributed by atoms with E-state index in [4.69, 9.17) is 11.6 Å². The highest BCUT2D eigenvalue weighted by atomic mass is 35.5. The van der Waals surface area contributed by atoms with Crippen LogP contribution in [0.2, 0.25) is 5.02 Å². The predicted octanol–water partition coefficient (Wildman–Crippen LogP) is 2.32. The standard InChI is InChI=1S/C12H11ClF5N3O/c13-8-3-6(12(16,17)18)4-20-9(8)11(14,15)10(22)21-7-1-2-19-5-7/h3-4,7,19H,1-2,5H2,(H,21,22)/t7-/m1/s1. The average molecular weight is 344 g/mol. The Balaban J connectivity index is 2.22. The summed E-state index contributed by atoms with van der Waals surface area (Å²) >= 11 is 5.45. The van der Waals surface area contributed by atoms with Gasteiger partial charge in [-0.1, -0.05) is 11.6 Å². The van der Waals surface area contributed by atoms with E-state index in [2.05, 4.69) is 15.6 Å². The number of alkyl halides is 5. The van der Waals surface area contributed by atoms with Crippen LogP contribution in [0, 0.1) is 0 Å². The summed E-state index contributed by atoms with van der Waals surface area (Å²) in [7, 11) is 0. The molecule has 0 aliphatic carbocycles. The third-order valence-corrected chi connectivity index (χ3v) is 3.43. The van der Waals surface area contributed by atoms with E-state index in [0.717, 1.165) is 0 Å². The lowest BCUT2D eigenvalue weighted by atomic mass is 10.1. The Morgan fingerprint density at radius 2 is 2.05 bits per heavy atom. The molecule has 0 bridgehead atoms. The maximum absolute atomic E-state index is 14.0. The Morgan fingerprint density at radius 3 is 2.55 bits per heavy atom. The first-order chi connectivity index (χ1) is 10.1. The number of hydrogen-bond donors (Lipinski definition) is 2. The SMILES string of the molecule is O=C(N[C@@H]1CCNC1)C(F)(F)c1ncc(C(F)(F)F)cc1Cl. The van der Waals surface area contributed by atoms with Gasteiger partial charge in [0, 0.05) is 18.8 Å². The molecular weight excluding hydrogens is 333 g/mol. The van der Waals surface area contributed by atoms with Gasteiger partial charge in [-0.3, -0.25) is 9.78 Å². The molecule has 1 aliphatic rings. The highest BCUT2D eigenvalue weighted by Gasteiger charge is 2.46. The monoisotopic (exact) mass is 343 g/mol. The number of hydrogen-bond acceptors (Lipinski definition) is 3. The molecule has 1 aromatic heterocycles. The van der Waals surface area contributed by atoms with Gasteiger partial charge < -0.3 is 10.6 Å². The normalized spacial score (nSPS) is 19.3. The van der Waals surface area contributed by atoms with Gasteiger partial charge in [-0.25, -0.2) is 0 Å². The van der Waals surface area contributed by atoms with Crippen molar-refractivity contribution in [1.82, 2.24) is 15.6 Å². The second-order valence-electron chi connectivity index (χ2n) is 4.79. The molecule has 1 atom stereocenters. The number of pyridine rings is 1. The van der Waals surface area contributed by atoms with E-state index >= 15 is 0 Å². The zero-order valence-electron chi connectivity index (χ0n) is 11.0. The molecule has 1 aliphatic heterocycles. The fourth-order valence-electron chi connectivity index (χ4n) is 1.99. The lowest BCUT2D eigenvalue weighted by molar-refractivity contribution is -0.148. The van der Waals surface area contributed by atoms with Crippen LogP contribution in [0.3, 0.4) is 0 Å². The van der Waals surface area contributed by atoms with Crippen LogP contribution in [-0.4, -0.2) is 30.0 Å². The number of halogens is 6. The molecular formula is C12H11ClF5N3O. The summed E-state index contributed by atoms with van der Waals surface area (Å²) in [6.07, 6.45) is -4.06. The quantitative estimate of drug-likeness (QED) is 0.828. The van der Waals surface area contributed by atoms with Gasteiger partial charge in [-0.05, 0) is 19.0 Å². The molecule has 2 N–H and O–H groups in total. The highest BCUT2D eigenvalue weighted by molar-refractivity contribution is 6.31. The number of carbonyl (C=O) groups excluding carboxylic acids is 1. The van der Waals surface area contributed by atoms with Gasteiger partial charge in [0.05, 0.1) is 10.6 Å². The molecule has 0 unspecified atom stereocenters. The van der Waals surface area contributed by atoms with Crippen molar-refractivity contribution in [3.05, 3.63) is 28.5 Å². The maximum atomic E-state index is 14.0. The molecule has 0 saturated carbocycles. The first-order valence-electron chi connectivity index (χ1n) is 6.25. The van der Waals surface area contributed by atoms with E-state index in [1.807, 2.05) is 0 Å². The lowest BCUT2D eigenvalue weighted by Crippen LogP contribution is -2.45. The summed E-state index contributed by atoms with van der Waals surface area (Å²) in [4.78, 5) is 14.7. The maximum Gasteiger partial charge on any atom is 0.417 e. The Labute approximate surface area is 127 Å². The van der Waals surface area contributed by atoms with Gasteiger partial charge in [0.1, 0.15) is 5.69 Å². The zero-order chi connectivity index (χ0) is 16.5. The molecule has 1 amide bonds. The summed E-state index contributed by atoms with van der Waals surface area (Å²) in [5.41, 5.74) is -2.47. The van der Waals surface area contributed by atoms with Crippen molar-refractivity contribution in [3.8, 4) is 0 Å². The van der Waals surface area contributed by atoms with Crippen LogP contribution in [0.5, 0.6) is 0 Å². The number of nitrogens with one attached hydrogen (secondary N) is 2. The van der Waals surface area contributed by atoms with Crippen LogP contribution in [0.1, 0.15) is 17.7 Å². The first-order valence-corrected chi connectivity index (χ1v) is 6.63. The third-order valence-electron chi connectivity index (χ3n) is 3.15. The van der Waals surface area contributed by atoms with Crippen molar-refractivity contribution in [3.63, 3.8) is 0 Å². The van der Waals surface area contributed by atoms with Crippen LogP contribution in [0.25, 0.3) is 0 Å². The van der Waals surface area contributed by atoms with E-state index in [1.165, 1.54) is 0 Å². The topological polar surface area (TPSA) is 54.0 Å². The first kappa shape index (κ1) is 16.9. The summed E-state index contributed by atoms with van der Waals surface area (Å²) < 4.78 is 65.4. The minimum Gasteiger partial charge on any atom is -0.346 e. The van der Waals surface area contributed by atoms with E-state index < -0.39 is 40.3 Å². The molecule has 0 radical (unpaired) electrons. The Kier molecular flexibility index (Phi) is 4.57. The van der Waals surface area contributed by atoms with Gasteiger partial charge in [-0.2, -0.15) is 22.0 Å². The van der Waals surface area contributed by atoms with Crippen LogP contribution >= 0.6 is 11.6 Å². The van der Waals surface area contributed by atoms with Crippen LogP contribution in [-0.2, 0) is 16.9 Å². The number of aromatic nitrogens is 1. The average Bonchev–Trinajstić information content (AvgIpc) is 2.90. The molecule has 22 heavy (non-hydrogen) atoms. The number of rotatable bonds is 3. The van der Waals surface area contributed by atoms with E-state index in [0.29, 0.717) is 25.6 Å². The van der Waals surface area contributed by atoms with E-state index in [9.17, 15) is 26.7 Å². The number of amides is 1. The largest absolute Gasteiger partial charge is 0.417 e. The molecule has 1 fully saturated rings. The van der Waals surface area contributed by atoms with Crippen LogP contribution in [0.4, 0.5) is 22.0 Å². The van der Waals surface area contributed by atoms with Gasteiger partial charge in [0.2, 0.25) is 0 Å². The summed E-state index contributed by atoms with van der Waals surface area (Å²) in [5.74, 6) is -5.76. The molecule has 4 nitrogen and oxygen atoms in total. The second kappa shape index (κ2) is 5.96. The molecule has 2 heterocycles. The Hall–Kier alpha value is -1.48. The van der Waals surface area contributed by atoms with Crippen molar-refractivity contribution < 1.29 is 26.7 Å². The van der Waals surface area contributed by atoms with Crippen molar-refractivity contribution in [1.29, 1.82) is 0 Å². The van der Waals surface area contributed by atoms with Gasteiger partial charge in [-0.15, -0.1) is 0 Å². The Bertz CT molecular complexity index is 572. The minimum atomic E-state index is -4.76. The number of carbonyl (C=O) groups is 1. The van der Waals surface area contributed by atoms with Crippen molar-refractivity contribution in [2.75, 3.05) is 13.1 Å². The highest BCUT2D eigenvalue weighted by Crippen LogP contribution is 2.36. The van der Waals surface area contributed by atoms with E-state index in [-0.39, 0.29) is 6.20 Å². The van der Waals surface area contributed by atoms with Gasteiger partial charge >= 0.3 is 12.1 Å². The zero-order valence-corrected chi connectivity index (χ0v) is 11.7. The summed E-state index contributed by atoms with van der Waals surface area (Å²) in [5, 5.41) is 4.08. The fraction of sp³-hybridized carbons (Fsp3) is 0.500. The summed E-state index contributed by atoms with van der Waals surface area (Å²) in [6.45, 7) is 0.922.